The summed E-state index contributed by atoms with van der Waals surface area (Å²) in [4.78, 5) is 0. The highest BCUT2D eigenvalue weighted by molar-refractivity contribution is 6.31. The van der Waals surface area contributed by atoms with E-state index in [4.69, 9.17) is 16.7 Å². The molecule has 1 rings (SSSR count). The Morgan fingerprint density at radius 1 is 1.46 bits per heavy atom. The molecule has 0 bridgehead atoms. The Morgan fingerprint density at radius 2 is 2.08 bits per heavy atom. The van der Waals surface area contributed by atoms with E-state index in [1.165, 1.54) is 0 Å². The summed E-state index contributed by atoms with van der Waals surface area (Å²) in [6.45, 7) is 3.61. The van der Waals surface area contributed by atoms with Crippen LogP contribution in [0.15, 0.2) is 12.1 Å². The van der Waals surface area contributed by atoms with Gasteiger partial charge in [-0.15, -0.1) is 0 Å². The zero-order chi connectivity index (χ0) is 10.0. The second kappa shape index (κ2) is 3.99. The van der Waals surface area contributed by atoms with Crippen LogP contribution in [0, 0.1) is 6.92 Å². The molecule has 0 radical (unpaired) electrons. The van der Waals surface area contributed by atoms with Gasteiger partial charge in [0.05, 0.1) is 0 Å². The molecule has 0 aliphatic carbocycles. The quantitative estimate of drug-likeness (QED) is 0.770. The van der Waals surface area contributed by atoms with Crippen LogP contribution in [0.1, 0.15) is 24.0 Å². The van der Waals surface area contributed by atoms with Gasteiger partial charge in [0, 0.05) is 23.1 Å². The molecule has 0 saturated carbocycles. The van der Waals surface area contributed by atoms with Gasteiger partial charge < -0.3 is 10.2 Å². The number of hydrogen-bond donors (Lipinski definition) is 2. The van der Waals surface area contributed by atoms with Crippen molar-refractivity contribution in [1.29, 1.82) is 0 Å². The van der Waals surface area contributed by atoms with Crippen molar-refractivity contribution >= 4 is 11.6 Å². The van der Waals surface area contributed by atoms with Gasteiger partial charge in [-0.2, -0.15) is 0 Å². The van der Waals surface area contributed by atoms with Crippen molar-refractivity contribution in [2.75, 3.05) is 6.61 Å². The van der Waals surface area contributed by atoms with Crippen LogP contribution in [0.4, 0.5) is 0 Å². The van der Waals surface area contributed by atoms with Crippen molar-refractivity contribution < 1.29 is 10.2 Å². The lowest BCUT2D eigenvalue weighted by atomic mass is 9.98. The highest BCUT2D eigenvalue weighted by Gasteiger charge is 2.14. The minimum Gasteiger partial charge on any atom is -0.507 e. The molecule has 1 unspecified atom stereocenters. The number of phenols is 1. The number of benzene rings is 1. The SMILES string of the molecule is Cc1ccc(Cl)c(C(C)CO)c1O. The Hall–Kier alpha value is -0.730. The Morgan fingerprint density at radius 3 is 2.62 bits per heavy atom. The zero-order valence-electron chi connectivity index (χ0n) is 7.71. The monoisotopic (exact) mass is 200 g/mol. The maximum absolute atomic E-state index is 9.68. The summed E-state index contributed by atoms with van der Waals surface area (Å²) >= 11 is 5.90. The van der Waals surface area contributed by atoms with Crippen LogP contribution < -0.4 is 0 Å². The van der Waals surface area contributed by atoms with Crippen LogP contribution in [0.25, 0.3) is 0 Å². The van der Waals surface area contributed by atoms with Crippen LogP contribution in [-0.4, -0.2) is 16.8 Å². The van der Waals surface area contributed by atoms with E-state index in [2.05, 4.69) is 0 Å². The molecule has 2 nitrogen and oxygen atoms in total. The maximum Gasteiger partial charge on any atom is 0.123 e. The lowest BCUT2D eigenvalue weighted by Crippen LogP contribution is -2.01. The molecule has 2 N–H and O–H groups in total. The molecule has 0 aliphatic rings. The van der Waals surface area contributed by atoms with Crippen LogP contribution in [-0.2, 0) is 0 Å². The molecular formula is C10H13ClO2. The number of halogens is 1. The van der Waals surface area contributed by atoms with Gasteiger partial charge in [-0.1, -0.05) is 24.6 Å². The highest BCUT2D eigenvalue weighted by Crippen LogP contribution is 2.34. The second-order valence-corrected chi connectivity index (χ2v) is 3.62. The fourth-order valence-electron chi connectivity index (χ4n) is 1.25. The Kier molecular flexibility index (Phi) is 3.17. The van der Waals surface area contributed by atoms with Gasteiger partial charge in [0.2, 0.25) is 0 Å². The van der Waals surface area contributed by atoms with Gasteiger partial charge in [0.15, 0.2) is 0 Å². The average molecular weight is 201 g/mol. The predicted molar refractivity (Wildman–Crippen MR) is 53.4 cm³/mol. The van der Waals surface area contributed by atoms with E-state index >= 15 is 0 Å². The molecule has 0 spiro atoms. The standard InChI is InChI=1S/C10H13ClO2/c1-6-3-4-8(11)9(10(6)13)7(2)5-12/h3-4,7,12-13H,5H2,1-2H3. The third-order valence-corrected chi connectivity index (χ3v) is 2.46. The number of rotatable bonds is 2. The summed E-state index contributed by atoms with van der Waals surface area (Å²) in [5, 5.41) is 19.1. The summed E-state index contributed by atoms with van der Waals surface area (Å²) < 4.78 is 0. The number of aliphatic hydroxyl groups is 1. The summed E-state index contributed by atoms with van der Waals surface area (Å²) in [6, 6.07) is 3.49. The lowest BCUT2D eigenvalue weighted by Gasteiger charge is -2.14. The summed E-state index contributed by atoms with van der Waals surface area (Å²) in [7, 11) is 0. The normalized spacial score (nSPS) is 12.9. The van der Waals surface area contributed by atoms with Crippen LogP contribution >= 0.6 is 11.6 Å². The zero-order valence-corrected chi connectivity index (χ0v) is 8.47. The number of phenolic OH excluding ortho intramolecular Hbond substituents is 1. The van der Waals surface area contributed by atoms with E-state index in [-0.39, 0.29) is 18.3 Å². The molecule has 72 valence electrons. The van der Waals surface area contributed by atoms with Crippen LogP contribution in [0.3, 0.4) is 0 Å². The van der Waals surface area contributed by atoms with Gasteiger partial charge in [0.1, 0.15) is 5.75 Å². The third kappa shape index (κ3) is 1.95. The third-order valence-electron chi connectivity index (χ3n) is 2.13. The van der Waals surface area contributed by atoms with Gasteiger partial charge in [-0.05, 0) is 18.6 Å². The molecule has 0 fully saturated rings. The number of aromatic hydroxyl groups is 1. The van der Waals surface area contributed by atoms with Gasteiger partial charge in [-0.3, -0.25) is 0 Å². The minimum atomic E-state index is -0.132. The van der Waals surface area contributed by atoms with E-state index in [0.29, 0.717) is 10.6 Å². The van der Waals surface area contributed by atoms with Gasteiger partial charge in [-0.25, -0.2) is 0 Å². The molecule has 0 aliphatic heterocycles. The molecule has 1 aromatic carbocycles. The van der Waals surface area contributed by atoms with Gasteiger partial charge in [0.25, 0.3) is 0 Å². The van der Waals surface area contributed by atoms with E-state index in [1.807, 2.05) is 6.92 Å². The smallest absolute Gasteiger partial charge is 0.123 e. The van der Waals surface area contributed by atoms with Crippen LogP contribution in [0.2, 0.25) is 5.02 Å². The molecule has 3 heteroatoms. The predicted octanol–water partition coefficient (Wildman–Crippen LogP) is 2.45. The number of aryl methyl sites for hydroxylation is 1. The molecule has 0 aromatic heterocycles. The average Bonchev–Trinajstić information content (AvgIpc) is 2.12. The molecular weight excluding hydrogens is 188 g/mol. The number of hydrogen-bond acceptors (Lipinski definition) is 2. The Labute approximate surface area is 82.8 Å². The Balaban J connectivity index is 3.25. The molecule has 13 heavy (non-hydrogen) atoms. The first-order chi connectivity index (χ1) is 6.07. The minimum absolute atomic E-state index is 0.0171. The first kappa shape index (κ1) is 10.4. The largest absolute Gasteiger partial charge is 0.507 e. The maximum atomic E-state index is 9.68. The van der Waals surface area contributed by atoms with E-state index in [1.54, 1.807) is 19.1 Å². The van der Waals surface area contributed by atoms with Crippen molar-refractivity contribution in [1.82, 2.24) is 0 Å². The van der Waals surface area contributed by atoms with Crippen molar-refractivity contribution in [3.8, 4) is 5.75 Å². The fraction of sp³-hybridized carbons (Fsp3) is 0.400. The van der Waals surface area contributed by atoms with Gasteiger partial charge >= 0.3 is 0 Å². The summed E-state index contributed by atoms with van der Waals surface area (Å²) in [5.74, 6) is 0.0569. The molecule has 0 amide bonds. The number of aliphatic hydroxyl groups excluding tert-OH is 1. The fourth-order valence-corrected chi connectivity index (χ4v) is 1.59. The first-order valence-electron chi connectivity index (χ1n) is 4.16. The van der Waals surface area contributed by atoms with Crippen molar-refractivity contribution in [2.24, 2.45) is 0 Å². The first-order valence-corrected chi connectivity index (χ1v) is 4.54. The second-order valence-electron chi connectivity index (χ2n) is 3.21. The Bertz CT molecular complexity index is 310. The lowest BCUT2D eigenvalue weighted by molar-refractivity contribution is 0.270. The van der Waals surface area contributed by atoms with Crippen LogP contribution in [0.5, 0.6) is 5.75 Å². The molecule has 0 saturated heterocycles. The van der Waals surface area contributed by atoms with Crippen molar-refractivity contribution in [3.05, 3.63) is 28.3 Å². The topological polar surface area (TPSA) is 40.5 Å². The highest BCUT2D eigenvalue weighted by atomic mass is 35.5. The molecule has 1 atom stereocenters. The van der Waals surface area contributed by atoms with Crippen molar-refractivity contribution in [2.45, 2.75) is 19.8 Å². The van der Waals surface area contributed by atoms with Crippen molar-refractivity contribution in [3.63, 3.8) is 0 Å². The summed E-state index contributed by atoms with van der Waals surface area (Å²) in [5.41, 5.74) is 1.41. The van der Waals surface area contributed by atoms with E-state index < -0.39 is 0 Å². The molecule has 0 heterocycles. The van der Waals surface area contributed by atoms with E-state index in [9.17, 15) is 5.11 Å². The summed E-state index contributed by atoms with van der Waals surface area (Å²) in [6.07, 6.45) is 0. The van der Waals surface area contributed by atoms with E-state index in [0.717, 1.165) is 5.56 Å². The molecule has 1 aromatic rings.